The van der Waals surface area contributed by atoms with Crippen LogP contribution < -0.4 is 0 Å². The average molecular weight is 422 g/mol. The summed E-state index contributed by atoms with van der Waals surface area (Å²) in [6.45, 7) is 5.34. The van der Waals surface area contributed by atoms with Crippen molar-refractivity contribution in [2.75, 3.05) is 6.61 Å². The van der Waals surface area contributed by atoms with Crippen LogP contribution in [0.3, 0.4) is 0 Å². The maximum atomic E-state index is 12.6. The summed E-state index contributed by atoms with van der Waals surface area (Å²) in [5.74, 6) is -0.740. The Balaban J connectivity index is 1.80. The molecule has 0 unspecified atom stereocenters. The molecule has 1 aromatic carbocycles. The summed E-state index contributed by atoms with van der Waals surface area (Å²) in [6.07, 6.45) is 0. The van der Waals surface area contributed by atoms with Crippen LogP contribution in [0.15, 0.2) is 36.4 Å². The van der Waals surface area contributed by atoms with Gasteiger partial charge in [0.15, 0.2) is 6.61 Å². The second kappa shape index (κ2) is 7.89. The van der Waals surface area contributed by atoms with Gasteiger partial charge in [-0.15, -0.1) is 11.3 Å². The maximum Gasteiger partial charge on any atom is 0.348 e. The average Bonchev–Trinajstić information content (AvgIpc) is 3.18. The maximum absolute atomic E-state index is 12.6. The number of nitrogens with zero attached hydrogens (tertiary/aromatic N) is 1. The number of esters is 1. The number of ether oxygens (including phenoxy) is 1. The fourth-order valence-electron chi connectivity index (χ4n) is 2.89. The quantitative estimate of drug-likeness (QED) is 0.385. The van der Waals surface area contributed by atoms with Gasteiger partial charge in [0, 0.05) is 27.5 Å². The smallest absolute Gasteiger partial charge is 0.348 e. The Hall–Kier alpha value is -2.08. The van der Waals surface area contributed by atoms with E-state index < -0.39 is 5.97 Å². The molecule has 3 rings (SSSR count). The largest absolute Gasteiger partial charge is 0.453 e. The van der Waals surface area contributed by atoms with Crippen molar-refractivity contribution >= 4 is 46.3 Å². The van der Waals surface area contributed by atoms with Crippen molar-refractivity contribution in [3.8, 4) is 5.69 Å². The summed E-state index contributed by atoms with van der Waals surface area (Å²) in [6, 6.07) is 10.6. The van der Waals surface area contributed by atoms with Gasteiger partial charge in [-0.05, 0) is 57.2 Å². The van der Waals surface area contributed by atoms with Crippen LogP contribution in [0.5, 0.6) is 0 Å². The summed E-state index contributed by atoms with van der Waals surface area (Å²) >= 11 is 13.4. The molecule has 0 atom stereocenters. The number of benzene rings is 1. The van der Waals surface area contributed by atoms with Gasteiger partial charge in [0.1, 0.15) is 4.88 Å². The van der Waals surface area contributed by atoms with Crippen LogP contribution in [-0.2, 0) is 4.74 Å². The van der Waals surface area contributed by atoms with Gasteiger partial charge in [0.05, 0.1) is 10.0 Å². The number of halogens is 2. The van der Waals surface area contributed by atoms with Crippen LogP contribution >= 0.6 is 34.5 Å². The third kappa shape index (κ3) is 4.10. The highest BCUT2D eigenvalue weighted by Gasteiger charge is 2.19. The van der Waals surface area contributed by atoms with E-state index in [0.29, 0.717) is 20.5 Å². The predicted octanol–water partition coefficient (Wildman–Crippen LogP) is 5.81. The fourth-order valence-corrected chi connectivity index (χ4v) is 3.94. The predicted molar refractivity (Wildman–Crippen MR) is 109 cm³/mol. The number of aryl methyl sites for hydroxylation is 2. The Morgan fingerprint density at radius 2 is 1.78 bits per heavy atom. The molecule has 0 fully saturated rings. The zero-order chi connectivity index (χ0) is 19.7. The third-order valence-electron chi connectivity index (χ3n) is 4.17. The first-order chi connectivity index (χ1) is 12.8. The van der Waals surface area contributed by atoms with Crippen molar-refractivity contribution < 1.29 is 14.3 Å². The Labute approximate surface area is 171 Å². The number of hydrogen-bond acceptors (Lipinski definition) is 4. The first kappa shape index (κ1) is 19.7. The van der Waals surface area contributed by atoms with Gasteiger partial charge in [0.2, 0.25) is 5.78 Å². The van der Waals surface area contributed by atoms with Gasteiger partial charge < -0.3 is 9.30 Å². The first-order valence-electron chi connectivity index (χ1n) is 8.19. The van der Waals surface area contributed by atoms with E-state index in [1.165, 1.54) is 11.3 Å². The lowest BCUT2D eigenvalue weighted by atomic mass is 10.1. The number of Topliss-reactive ketones (excluding diaryl/α,β-unsaturated/α-hetero) is 1. The molecule has 0 aliphatic rings. The van der Waals surface area contributed by atoms with Crippen LogP contribution in [-0.4, -0.2) is 22.9 Å². The summed E-state index contributed by atoms with van der Waals surface area (Å²) in [7, 11) is 0. The molecular weight excluding hydrogens is 405 g/mol. The monoisotopic (exact) mass is 421 g/mol. The van der Waals surface area contributed by atoms with Crippen molar-refractivity contribution in [1.82, 2.24) is 4.57 Å². The number of hydrogen-bond donors (Lipinski definition) is 0. The van der Waals surface area contributed by atoms with Gasteiger partial charge in [-0.3, -0.25) is 4.79 Å². The number of carbonyl (C=O) groups is 2. The summed E-state index contributed by atoms with van der Waals surface area (Å²) in [5.41, 5.74) is 2.94. The van der Waals surface area contributed by atoms with Crippen molar-refractivity contribution in [1.29, 1.82) is 0 Å². The highest BCUT2D eigenvalue weighted by Crippen LogP contribution is 2.28. The summed E-state index contributed by atoms with van der Waals surface area (Å²) < 4.78 is 7.09. The van der Waals surface area contributed by atoms with Crippen LogP contribution in [0.2, 0.25) is 10.0 Å². The van der Waals surface area contributed by atoms with Crippen molar-refractivity contribution in [3.63, 3.8) is 0 Å². The molecule has 4 nitrogen and oxygen atoms in total. The van der Waals surface area contributed by atoms with Gasteiger partial charge in [0.25, 0.3) is 0 Å². The van der Waals surface area contributed by atoms with Crippen molar-refractivity contribution in [2.45, 2.75) is 20.8 Å². The van der Waals surface area contributed by atoms with E-state index in [9.17, 15) is 9.59 Å². The molecule has 0 spiro atoms. The molecule has 0 radical (unpaired) electrons. The zero-order valence-electron chi connectivity index (χ0n) is 15.0. The fraction of sp³-hybridized carbons (Fsp3) is 0.200. The molecule has 0 aliphatic carbocycles. The van der Waals surface area contributed by atoms with E-state index in [-0.39, 0.29) is 12.4 Å². The number of aromatic nitrogens is 1. The highest BCUT2D eigenvalue weighted by atomic mass is 35.5. The van der Waals surface area contributed by atoms with E-state index in [1.807, 2.05) is 37.5 Å². The van der Waals surface area contributed by atoms with Gasteiger partial charge >= 0.3 is 5.97 Å². The highest BCUT2D eigenvalue weighted by molar-refractivity contribution is 7.13. The normalized spacial score (nSPS) is 10.9. The third-order valence-corrected chi connectivity index (χ3v) is 5.89. The number of thiophene rings is 1. The van der Waals surface area contributed by atoms with Gasteiger partial charge in [-0.1, -0.05) is 23.2 Å². The number of carbonyl (C=O) groups excluding carboxylic acids is 2. The van der Waals surface area contributed by atoms with Crippen molar-refractivity contribution in [2.24, 2.45) is 0 Å². The van der Waals surface area contributed by atoms with E-state index in [4.69, 9.17) is 27.9 Å². The second-order valence-electron chi connectivity index (χ2n) is 6.13. The Morgan fingerprint density at radius 1 is 1.04 bits per heavy atom. The second-order valence-corrected chi connectivity index (χ2v) is 8.23. The molecule has 0 N–H and O–H groups in total. The van der Waals surface area contributed by atoms with E-state index >= 15 is 0 Å². The van der Waals surface area contributed by atoms with E-state index in [1.54, 1.807) is 24.3 Å². The minimum absolute atomic E-state index is 0.254. The Morgan fingerprint density at radius 3 is 2.41 bits per heavy atom. The molecule has 0 aliphatic heterocycles. The van der Waals surface area contributed by atoms with Crippen LogP contribution in [0.1, 0.15) is 36.3 Å². The molecule has 7 heteroatoms. The topological polar surface area (TPSA) is 48.3 Å². The van der Waals surface area contributed by atoms with Crippen LogP contribution in [0, 0.1) is 20.8 Å². The molecule has 3 aromatic rings. The summed E-state index contributed by atoms with van der Waals surface area (Å²) in [4.78, 5) is 26.1. The molecule has 0 amide bonds. The van der Waals surface area contributed by atoms with E-state index in [2.05, 4.69) is 0 Å². The number of ketones is 1. The van der Waals surface area contributed by atoms with Crippen molar-refractivity contribution in [3.05, 3.63) is 73.1 Å². The molecule has 2 aromatic heterocycles. The van der Waals surface area contributed by atoms with Crippen LogP contribution in [0.25, 0.3) is 5.69 Å². The molecule has 0 saturated heterocycles. The standard InChI is InChI=1S/C20H17Cl2NO3S/c1-11-8-15(13(3)23(11)14-5-6-16(21)17(22)9-14)18(24)10-26-20(25)19-7-4-12(2)27-19/h4-9H,10H2,1-3H3. The first-order valence-corrected chi connectivity index (χ1v) is 9.76. The summed E-state index contributed by atoms with van der Waals surface area (Å²) in [5, 5.41) is 0.907. The van der Waals surface area contributed by atoms with Gasteiger partial charge in [-0.2, -0.15) is 0 Å². The Bertz CT molecular complexity index is 1040. The molecule has 0 bridgehead atoms. The van der Waals surface area contributed by atoms with Gasteiger partial charge in [-0.25, -0.2) is 4.79 Å². The SMILES string of the molecule is Cc1ccc(C(=O)OCC(=O)c2cc(C)n(-c3ccc(Cl)c(Cl)c3)c2C)s1. The molecule has 0 saturated carbocycles. The minimum Gasteiger partial charge on any atom is -0.453 e. The lowest BCUT2D eigenvalue weighted by molar-refractivity contribution is 0.0479. The molecule has 27 heavy (non-hydrogen) atoms. The Kier molecular flexibility index (Phi) is 5.75. The number of rotatable bonds is 5. The molecule has 140 valence electrons. The minimum atomic E-state index is -0.486. The lowest BCUT2D eigenvalue weighted by Gasteiger charge is -2.11. The lowest BCUT2D eigenvalue weighted by Crippen LogP contribution is -2.14. The molecular formula is C20H17Cl2NO3S. The zero-order valence-corrected chi connectivity index (χ0v) is 17.3. The molecule has 2 heterocycles. The van der Waals surface area contributed by atoms with E-state index in [0.717, 1.165) is 22.0 Å². The van der Waals surface area contributed by atoms with Crippen LogP contribution in [0.4, 0.5) is 0 Å².